The summed E-state index contributed by atoms with van der Waals surface area (Å²) in [6.45, 7) is 6.55. The number of rotatable bonds is 5. The van der Waals surface area contributed by atoms with Crippen LogP contribution in [0.25, 0.3) is 16.6 Å². The van der Waals surface area contributed by atoms with E-state index in [4.69, 9.17) is 9.72 Å². The van der Waals surface area contributed by atoms with Crippen molar-refractivity contribution in [2.24, 2.45) is 7.05 Å². The number of hydrogen-bond donors (Lipinski definition) is 1. The van der Waals surface area contributed by atoms with Crippen LogP contribution in [-0.2, 0) is 7.05 Å². The summed E-state index contributed by atoms with van der Waals surface area (Å²) in [6, 6.07) is 9.99. The lowest BCUT2D eigenvalue weighted by molar-refractivity contribution is 0.326. The van der Waals surface area contributed by atoms with Crippen LogP contribution < -0.4 is 10.1 Å². The number of nitrogens with one attached hydrogen (secondary N) is 1. The molecule has 2 aromatic heterocycles. The molecule has 0 radical (unpaired) electrons. The summed E-state index contributed by atoms with van der Waals surface area (Å²) in [7, 11) is 3.75. The van der Waals surface area contributed by atoms with E-state index in [1.807, 2.05) is 30.5 Å². The molecule has 140 valence electrons. The zero-order valence-corrected chi connectivity index (χ0v) is 16.0. The van der Waals surface area contributed by atoms with Crippen LogP contribution in [0.1, 0.15) is 24.8 Å². The van der Waals surface area contributed by atoms with Crippen LogP contribution in [0.2, 0.25) is 0 Å². The standard InChI is InChI=1S/C22H26N4O/c1-16(26-11-5-4-6-12-26)20-15-23-22(19-10-13-25(2)21(19)20)24-17-8-7-9-18(14-17)27-3/h7-10,13-15H,1,4-6,11-12H2,2-3H3,(H,23,24). The Bertz CT molecular complexity index is 970. The van der Waals surface area contributed by atoms with Crippen LogP contribution in [-0.4, -0.2) is 34.7 Å². The van der Waals surface area contributed by atoms with Gasteiger partial charge in [-0.05, 0) is 37.5 Å². The molecule has 0 bridgehead atoms. The minimum atomic E-state index is 0.819. The van der Waals surface area contributed by atoms with Gasteiger partial charge in [-0.1, -0.05) is 12.6 Å². The molecule has 0 amide bonds. The molecule has 5 heteroatoms. The van der Waals surface area contributed by atoms with Gasteiger partial charge in [-0.3, -0.25) is 0 Å². The normalized spacial score (nSPS) is 14.4. The van der Waals surface area contributed by atoms with Gasteiger partial charge in [0.2, 0.25) is 0 Å². The zero-order valence-electron chi connectivity index (χ0n) is 16.0. The maximum atomic E-state index is 5.32. The van der Waals surface area contributed by atoms with E-state index in [1.54, 1.807) is 7.11 Å². The predicted octanol–water partition coefficient (Wildman–Crippen LogP) is 4.78. The molecule has 1 saturated heterocycles. The molecule has 0 aliphatic carbocycles. The largest absolute Gasteiger partial charge is 0.497 e. The highest BCUT2D eigenvalue weighted by Gasteiger charge is 2.18. The number of fused-ring (bicyclic) bond motifs is 1. The highest BCUT2D eigenvalue weighted by Crippen LogP contribution is 2.33. The van der Waals surface area contributed by atoms with E-state index in [2.05, 4.69) is 40.7 Å². The number of piperidine rings is 1. The van der Waals surface area contributed by atoms with Gasteiger partial charge in [-0.25, -0.2) is 4.98 Å². The average molecular weight is 362 g/mol. The van der Waals surface area contributed by atoms with E-state index < -0.39 is 0 Å². The third-order valence-corrected chi connectivity index (χ3v) is 5.29. The van der Waals surface area contributed by atoms with Crippen molar-refractivity contribution in [2.45, 2.75) is 19.3 Å². The first-order valence-corrected chi connectivity index (χ1v) is 9.46. The minimum Gasteiger partial charge on any atom is -0.497 e. The van der Waals surface area contributed by atoms with Gasteiger partial charge in [0.1, 0.15) is 11.6 Å². The van der Waals surface area contributed by atoms with E-state index in [1.165, 1.54) is 19.3 Å². The Labute approximate surface area is 160 Å². The average Bonchev–Trinajstić information content (AvgIpc) is 3.11. The lowest BCUT2D eigenvalue weighted by Gasteiger charge is -2.31. The van der Waals surface area contributed by atoms with Crippen molar-refractivity contribution in [3.8, 4) is 5.75 Å². The molecule has 1 aliphatic heterocycles. The molecule has 0 saturated carbocycles. The van der Waals surface area contributed by atoms with Crippen molar-refractivity contribution in [3.05, 3.63) is 54.9 Å². The Hall–Kier alpha value is -2.95. The first-order valence-electron chi connectivity index (χ1n) is 9.46. The second-order valence-corrected chi connectivity index (χ2v) is 7.06. The fourth-order valence-corrected chi connectivity index (χ4v) is 3.80. The van der Waals surface area contributed by atoms with Crippen molar-refractivity contribution in [2.75, 3.05) is 25.5 Å². The van der Waals surface area contributed by atoms with E-state index >= 15 is 0 Å². The van der Waals surface area contributed by atoms with E-state index in [9.17, 15) is 0 Å². The fourth-order valence-electron chi connectivity index (χ4n) is 3.80. The molecule has 3 aromatic rings. The topological polar surface area (TPSA) is 42.3 Å². The Balaban J connectivity index is 1.71. The number of anilines is 2. The Morgan fingerprint density at radius 3 is 2.78 bits per heavy atom. The monoisotopic (exact) mass is 362 g/mol. The quantitative estimate of drug-likeness (QED) is 0.709. The summed E-state index contributed by atoms with van der Waals surface area (Å²) in [6.07, 6.45) is 7.80. The molecule has 5 nitrogen and oxygen atoms in total. The lowest BCUT2D eigenvalue weighted by Crippen LogP contribution is -2.28. The van der Waals surface area contributed by atoms with Crippen molar-refractivity contribution >= 4 is 28.1 Å². The number of pyridine rings is 1. The summed E-state index contributed by atoms with van der Waals surface area (Å²) >= 11 is 0. The van der Waals surface area contributed by atoms with Gasteiger partial charge in [-0.15, -0.1) is 0 Å². The molecule has 0 spiro atoms. The minimum absolute atomic E-state index is 0.819. The maximum Gasteiger partial charge on any atom is 0.139 e. The zero-order chi connectivity index (χ0) is 18.8. The molecular weight excluding hydrogens is 336 g/mol. The number of benzene rings is 1. The highest BCUT2D eigenvalue weighted by atomic mass is 16.5. The van der Waals surface area contributed by atoms with E-state index in [0.29, 0.717) is 0 Å². The molecule has 4 rings (SSSR count). The maximum absolute atomic E-state index is 5.32. The summed E-state index contributed by atoms with van der Waals surface area (Å²) < 4.78 is 7.47. The molecule has 1 aliphatic rings. The van der Waals surface area contributed by atoms with Crippen molar-refractivity contribution in [1.29, 1.82) is 0 Å². The summed E-state index contributed by atoms with van der Waals surface area (Å²) in [5, 5.41) is 4.53. The highest BCUT2D eigenvalue weighted by molar-refractivity contribution is 5.98. The van der Waals surface area contributed by atoms with Gasteiger partial charge >= 0.3 is 0 Å². The van der Waals surface area contributed by atoms with Crippen LogP contribution in [0.4, 0.5) is 11.5 Å². The van der Waals surface area contributed by atoms with Crippen LogP contribution in [0, 0.1) is 0 Å². The van der Waals surface area contributed by atoms with Crippen molar-refractivity contribution < 1.29 is 4.74 Å². The summed E-state index contributed by atoms with van der Waals surface area (Å²) in [5.74, 6) is 1.66. The van der Waals surface area contributed by atoms with Crippen LogP contribution in [0.5, 0.6) is 5.75 Å². The first-order chi connectivity index (χ1) is 13.2. The number of hydrogen-bond acceptors (Lipinski definition) is 4. The Morgan fingerprint density at radius 1 is 1.19 bits per heavy atom. The molecule has 0 atom stereocenters. The van der Waals surface area contributed by atoms with Crippen LogP contribution >= 0.6 is 0 Å². The Kier molecular flexibility index (Phi) is 4.75. The van der Waals surface area contributed by atoms with Gasteiger partial charge in [0.05, 0.1) is 12.6 Å². The molecule has 3 heterocycles. The number of methoxy groups -OCH3 is 1. The van der Waals surface area contributed by atoms with Gasteiger partial charge in [0.25, 0.3) is 0 Å². The molecule has 27 heavy (non-hydrogen) atoms. The predicted molar refractivity (Wildman–Crippen MR) is 111 cm³/mol. The summed E-state index contributed by atoms with van der Waals surface area (Å²) in [4.78, 5) is 7.13. The first kappa shape index (κ1) is 17.5. The van der Waals surface area contributed by atoms with Crippen molar-refractivity contribution in [3.63, 3.8) is 0 Å². The molecule has 1 N–H and O–H groups in total. The van der Waals surface area contributed by atoms with Crippen molar-refractivity contribution in [1.82, 2.24) is 14.5 Å². The molecule has 0 unspecified atom stereocenters. The van der Waals surface area contributed by atoms with E-state index in [-0.39, 0.29) is 0 Å². The molecule has 1 fully saturated rings. The van der Waals surface area contributed by atoms with Gasteiger partial charge in [0.15, 0.2) is 0 Å². The summed E-state index contributed by atoms with van der Waals surface area (Å²) in [5.41, 5.74) is 4.29. The van der Waals surface area contributed by atoms with Crippen LogP contribution in [0.15, 0.2) is 49.3 Å². The third kappa shape index (κ3) is 3.37. The smallest absolute Gasteiger partial charge is 0.139 e. The Morgan fingerprint density at radius 2 is 2.00 bits per heavy atom. The van der Waals surface area contributed by atoms with Gasteiger partial charge in [-0.2, -0.15) is 0 Å². The second kappa shape index (κ2) is 7.35. The van der Waals surface area contributed by atoms with Gasteiger partial charge < -0.3 is 19.5 Å². The number of aromatic nitrogens is 2. The molecular formula is C22H26N4O. The third-order valence-electron chi connectivity index (χ3n) is 5.29. The number of aryl methyl sites for hydroxylation is 1. The van der Waals surface area contributed by atoms with Gasteiger partial charge in [0, 0.05) is 60.9 Å². The number of nitrogens with zero attached hydrogens (tertiary/aromatic N) is 3. The SMILES string of the molecule is C=C(c1cnc(Nc2cccc(OC)c2)c2ccn(C)c12)N1CCCCC1. The van der Waals surface area contributed by atoms with E-state index in [0.717, 1.165) is 52.5 Å². The number of ether oxygens (including phenoxy) is 1. The fraction of sp³-hybridized carbons (Fsp3) is 0.318. The lowest BCUT2D eigenvalue weighted by atomic mass is 10.1. The molecule has 1 aromatic carbocycles. The number of likely N-dealkylation sites (tertiary alicyclic amines) is 1. The van der Waals surface area contributed by atoms with Crippen LogP contribution in [0.3, 0.4) is 0 Å². The second-order valence-electron chi connectivity index (χ2n) is 7.06.